The Labute approximate surface area is 177 Å². The van der Waals surface area contributed by atoms with Crippen LogP contribution in [0.2, 0.25) is 0 Å². The number of hydrogen-bond donors (Lipinski definition) is 0. The van der Waals surface area contributed by atoms with Gasteiger partial charge >= 0.3 is 7.12 Å². The molecule has 30 heavy (non-hydrogen) atoms. The smallest absolute Gasteiger partial charge is 0.399 e. The number of aliphatic imine (C=N–C) groups is 1. The number of halogens is 2. The number of amidine groups is 1. The summed E-state index contributed by atoms with van der Waals surface area (Å²) in [7, 11) is -0.697. The molecule has 2 fully saturated rings. The molecule has 8 heteroatoms. The molecular formula is C22H29BF2N2O3. The normalized spacial score (nSPS) is 24.8. The molecule has 0 bridgehead atoms. The van der Waals surface area contributed by atoms with Gasteiger partial charge in [-0.3, -0.25) is 0 Å². The van der Waals surface area contributed by atoms with Crippen LogP contribution in [0.15, 0.2) is 54.2 Å². The summed E-state index contributed by atoms with van der Waals surface area (Å²) in [5.41, 5.74) is -0.705. The van der Waals surface area contributed by atoms with Gasteiger partial charge in [-0.05, 0) is 38.7 Å². The topological polar surface area (TPSA) is 43.3 Å². The molecule has 0 saturated carbocycles. The fraction of sp³-hybridized carbons (Fsp3) is 0.500. The summed E-state index contributed by atoms with van der Waals surface area (Å²) in [6.45, 7) is 12.7. The number of ether oxygens (including phenoxy) is 1. The molecule has 0 spiro atoms. The summed E-state index contributed by atoms with van der Waals surface area (Å²) in [6, 6.07) is 6.19. The number of hydrogen-bond acceptors (Lipinski definition) is 4. The Morgan fingerprint density at radius 2 is 2.00 bits per heavy atom. The van der Waals surface area contributed by atoms with E-state index in [1.165, 1.54) is 12.1 Å². The van der Waals surface area contributed by atoms with Crippen molar-refractivity contribution in [3.05, 3.63) is 54.8 Å². The predicted molar refractivity (Wildman–Crippen MR) is 115 cm³/mol. The third-order valence-corrected chi connectivity index (χ3v) is 5.81. The maximum Gasteiger partial charge on any atom is 0.494 e. The third kappa shape index (κ3) is 4.99. The standard InChI is InChI=1S/C22H29BF2N2O3/c1-5-19(27-12-14-28-15-13-27)26-11-7-10-22(4)21(2,3)29-23(30-22)18-9-6-8-17(16-18)20(24)25/h5-9,11,16,20H,1,10,12-15H2,2-4H3. The van der Waals surface area contributed by atoms with Gasteiger partial charge in [0, 0.05) is 24.9 Å². The zero-order valence-electron chi connectivity index (χ0n) is 17.8. The second-order valence-corrected chi connectivity index (χ2v) is 8.16. The number of morpholine rings is 1. The first-order chi connectivity index (χ1) is 14.3. The molecule has 2 aliphatic heterocycles. The summed E-state index contributed by atoms with van der Waals surface area (Å²) in [6.07, 6.45) is 3.46. The van der Waals surface area contributed by atoms with E-state index in [2.05, 4.69) is 16.5 Å². The lowest BCUT2D eigenvalue weighted by molar-refractivity contribution is -0.00677. The van der Waals surface area contributed by atoms with Gasteiger partial charge in [-0.25, -0.2) is 13.8 Å². The molecule has 0 radical (unpaired) electrons. The highest BCUT2D eigenvalue weighted by molar-refractivity contribution is 6.62. The van der Waals surface area contributed by atoms with Crippen LogP contribution in [0.4, 0.5) is 8.78 Å². The van der Waals surface area contributed by atoms with Crippen molar-refractivity contribution in [1.82, 2.24) is 4.90 Å². The van der Waals surface area contributed by atoms with Crippen LogP contribution in [0.5, 0.6) is 0 Å². The van der Waals surface area contributed by atoms with Crippen LogP contribution in [-0.4, -0.2) is 55.4 Å². The number of rotatable bonds is 6. The maximum atomic E-state index is 13.1. The van der Waals surface area contributed by atoms with Crippen LogP contribution in [0.3, 0.4) is 0 Å². The van der Waals surface area contributed by atoms with Crippen LogP contribution < -0.4 is 5.46 Å². The molecule has 3 rings (SSSR count). The third-order valence-electron chi connectivity index (χ3n) is 5.81. The van der Waals surface area contributed by atoms with E-state index >= 15 is 0 Å². The number of alkyl halides is 2. The van der Waals surface area contributed by atoms with Gasteiger partial charge in [0.15, 0.2) is 0 Å². The average molecular weight is 418 g/mol. The molecule has 0 N–H and O–H groups in total. The largest absolute Gasteiger partial charge is 0.494 e. The lowest BCUT2D eigenvalue weighted by atomic mass is 9.78. The van der Waals surface area contributed by atoms with Gasteiger partial charge in [0.1, 0.15) is 5.84 Å². The van der Waals surface area contributed by atoms with E-state index in [0.29, 0.717) is 25.1 Å². The second kappa shape index (κ2) is 9.41. The highest BCUT2D eigenvalue weighted by Crippen LogP contribution is 2.40. The van der Waals surface area contributed by atoms with Gasteiger partial charge in [0.05, 0.1) is 24.4 Å². The first-order valence-corrected chi connectivity index (χ1v) is 10.2. The van der Waals surface area contributed by atoms with Crippen molar-refractivity contribution in [3.8, 4) is 0 Å². The fourth-order valence-electron chi connectivity index (χ4n) is 3.53. The summed E-state index contributed by atoms with van der Waals surface area (Å²) in [4.78, 5) is 6.66. The molecule has 5 nitrogen and oxygen atoms in total. The van der Waals surface area contributed by atoms with Gasteiger partial charge in [-0.15, -0.1) is 0 Å². The van der Waals surface area contributed by atoms with Gasteiger partial charge < -0.3 is 18.9 Å². The molecule has 1 aromatic carbocycles. The van der Waals surface area contributed by atoms with Crippen LogP contribution in [-0.2, 0) is 14.0 Å². The van der Waals surface area contributed by atoms with E-state index in [4.69, 9.17) is 14.0 Å². The van der Waals surface area contributed by atoms with Crippen molar-refractivity contribution in [2.45, 2.75) is 44.8 Å². The zero-order chi connectivity index (χ0) is 21.8. The molecule has 0 amide bonds. The quantitative estimate of drug-likeness (QED) is 0.401. The highest BCUT2D eigenvalue weighted by Gasteiger charge is 2.53. The second-order valence-electron chi connectivity index (χ2n) is 8.16. The Kier molecular flexibility index (Phi) is 7.11. The van der Waals surface area contributed by atoms with Gasteiger partial charge in [0.25, 0.3) is 6.43 Å². The Hall–Kier alpha value is -2.03. The van der Waals surface area contributed by atoms with E-state index in [1.54, 1.807) is 24.4 Å². The van der Waals surface area contributed by atoms with Crippen molar-refractivity contribution >= 4 is 18.4 Å². The predicted octanol–water partition coefficient (Wildman–Crippen LogP) is 3.72. The van der Waals surface area contributed by atoms with Crippen LogP contribution in [0.1, 0.15) is 39.2 Å². The van der Waals surface area contributed by atoms with Gasteiger partial charge in [-0.2, -0.15) is 0 Å². The summed E-state index contributed by atoms with van der Waals surface area (Å²) in [5.74, 6) is 0.809. The van der Waals surface area contributed by atoms with Crippen molar-refractivity contribution in [3.63, 3.8) is 0 Å². The van der Waals surface area contributed by atoms with Crippen LogP contribution in [0, 0.1) is 0 Å². The monoisotopic (exact) mass is 418 g/mol. The minimum Gasteiger partial charge on any atom is -0.399 e. The maximum absolute atomic E-state index is 13.1. The zero-order valence-corrected chi connectivity index (χ0v) is 17.8. The summed E-state index contributed by atoms with van der Waals surface area (Å²) in [5, 5.41) is 0. The van der Waals surface area contributed by atoms with Gasteiger partial charge in [-0.1, -0.05) is 36.9 Å². The molecular weight excluding hydrogens is 389 g/mol. The van der Waals surface area contributed by atoms with Crippen molar-refractivity contribution in [2.75, 3.05) is 26.3 Å². The lowest BCUT2D eigenvalue weighted by Crippen LogP contribution is -2.44. The van der Waals surface area contributed by atoms with Crippen LogP contribution >= 0.6 is 0 Å². The number of benzene rings is 1. The molecule has 2 aliphatic rings. The molecule has 162 valence electrons. The molecule has 0 aromatic heterocycles. The van der Waals surface area contributed by atoms with E-state index in [-0.39, 0.29) is 5.56 Å². The Bertz CT molecular complexity index is 809. The minimum absolute atomic E-state index is 0.0413. The lowest BCUT2D eigenvalue weighted by Gasteiger charge is -2.35. The van der Waals surface area contributed by atoms with E-state index in [1.807, 2.05) is 26.8 Å². The molecule has 1 unspecified atom stereocenters. The van der Waals surface area contributed by atoms with E-state index in [0.717, 1.165) is 18.9 Å². The first-order valence-electron chi connectivity index (χ1n) is 10.2. The van der Waals surface area contributed by atoms with Crippen LogP contribution in [0.25, 0.3) is 0 Å². The fourth-order valence-corrected chi connectivity index (χ4v) is 3.53. The van der Waals surface area contributed by atoms with Crippen molar-refractivity contribution in [2.24, 2.45) is 4.99 Å². The molecule has 1 atom stereocenters. The SMILES string of the molecule is C=CC(=NC=CCC1(C)OB(c2cccc(C(F)F)c2)OC1(C)C)N1CCOCC1. The highest BCUT2D eigenvalue weighted by atomic mass is 19.3. The summed E-state index contributed by atoms with van der Waals surface area (Å²) < 4.78 is 43.8. The van der Waals surface area contributed by atoms with Crippen molar-refractivity contribution in [1.29, 1.82) is 0 Å². The van der Waals surface area contributed by atoms with E-state index < -0.39 is 24.7 Å². The van der Waals surface area contributed by atoms with Gasteiger partial charge in [0.2, 0.25) is 0 Å². The molecule has 2 heterocycles. The number of nitrogens with zero attached hydrogens (tertiary/aromatic N) is 2. The van der Waals surface area contributed by atoms with E-state index in [9.17, 15) is 8.78 Å². The Balaban J connectivity index is 1.69. The molecule has 2 saturated heterocycles. The Morgan fingerprint density at radius 3 is 2.67 bits per heavy atom. The average Bonchev–Trinajstić information content (AvgIpc) is 2.98. The molecule has 0 aliphatic carbocycles. The Morgan fingerprint density at radius 1 is 1.27 bits per heavy atom. The summed E-state index contributed by atoms with van der Waals surface area (Å²) >= 11 is 0. The first kappa shape index (κ1) is 22.7. The molecule has 1 aromatic rings. The van der Waals surface area contributed by atoms with Crippen molar-refractivity contribution < 1.29 is 22.8 Å². The minimum atomic E-state index is -2.53.